The molecule has 4 aliphatic carbocycles. The minimum Gasteiger partial charge on any atom is -0.339 e. The lowest BCUT2D eigenvalue weighted by Gasteiger charge is -2.58. The number of piperazine rings is 1. The molecular formula is C28H41N5OS. The Kier molecular flexibility index (Phi) is 6.93. The van der Waals surface area contributed by atoms with Gasteiger partial charge in [-0.3, -0.25) is 14.6 Å². The Morgan fingerprint density at radius 2 is 1.66 bits per heavy atom. The van der Waals surface area contributed by atoms with Gasteiger partial charge in [-0.1, -0.05) is 23.4 Å². The molecule has 6 nitrogen and oxygen atoms in total. The summed E-state index contributed by atoms with van der Waals surface area (Å²) >= 11 is 1.73. The smallest absolute Gasteiger partial charge is 0.240 e. The maximum absolute atomic E-state index is 13.8. The number of allylic oxidation sites excluding steroid dienone is 1. The van der Waals surface area contributed by atoms with Crippen molar-refractivity contribution in [2.75, 3.05) is 39.3 Å². The minimum absolute atomic E-state index is 0.0289. The molecule has 35 heavy (non-hydrogen) atoms. The molecule has 1 aromatic rings. The van der Waals surface area contributed by atoms with E-state index >= 15 is 0 Å². The number of rotatable bonds is 6. The van der Waals surface area contributed by atoms with Gasteiger partial charge in [-0.15, -0.1) is 0 Å². The molecule has 6 fully saturated rings. The Morgan fingerprint density at radius 1 is 1.00 bits per heavy atom. The average molecular weight is 496 g/mol. The standard InChI is InChI=1S/C28H41N5OS/c1-3-19(2)17-33-18-24(35-28-29-5-4-6-30-28)16-25(33)27(34)32-9-7-31(8-10-32)26-22-12-20-11-21(14-22)15-23(26)13-20/h3-6,20-26H,7-18H2,1-2H3/b19-3+/t20?,21?,22?,23?,24-,25-,26?/m0/s1. The van der Waals surface area contributed by atoms with Gasteiger partial charge in [-0.05, 0) is 82.1 Å². The predicted molar refractivity (Wildman–Crippen MR) is 140 cm³/mol. The predicted octanol–water partition coefficient (Wildman–Crippen LogP) is 3.95. The third kappa shape index (κ3) is 4.93. The number of amides is 1. The van der Waals surface area contributed by atoms with Crippen LogP contribution in [0.25, 0.3) is 0 Å². The Labute approximate surface area is 214 Å². The quantitative estimate of drug-likeness (QED) is 0.440. The fraction of sp³-hybridized carbons (Fsp3) is 0.750. The van der Waals surface area contributed by atoms with E-state index in [0.717, 1.165) is 80.6 Å². The molecular weight excluding hydrogens is 454 g/mol. The van der Waals surface area contributed by atoms with Crippen LogP contribution in [0.15, 0.2) is 35.3 Å². The van der Waals surface area contributed by atoms with Gasteiger partial charge in [-0.25, -0.2) is 9.97 Å². The largest absolute Gasteiger partial charge is 0.339 e. The average Bonchev–Trinajstić information content (AvgIpc) is 3.25. The van der Waals surface area contributed by atoms with Crippen LogP contribution >= 0.6 is 11.8 Å². The van der Waals surface area contributed by atoms with E-state index in [9.17, 15) is 4.79 Å². The van der Waals surface area contributed by atoms with Crippen molar-refractivity contribution in [1.82, 2.24) is 24.7 Å². The van der Waals surface area contributed by atoms with Crippen molar-refractivity contribution in [3.8, 4) is 0 Å². The first-order valence-electron chi connectivity index (χ1n) is 13.9. The molecule has 1 amide bonds. The van der Waals surface area contributed by atoms with E-state index in [1.807, 2.05) is 6.07 Å². The fourth-order valence-electron chi connectivity index (χ4n) is 8.23. The first-order chi connectivity index (χ1) is 17.1. The molecule has 0 unspecified atom stereocenters. The van der Waals surface area contributed by atoms with Crippen molar-refractivity contribution in [3.63, 3.8) is 0 Å². The van der Waals surface area contributed by atoms with E-state index in [-0.39, 0.29) is 6.04 Å². The monoisotopic (exact) mass is 495 g/mol. The summed E-state index contributed by atoms with van der Waals surface area (Å²) in [5.74, 6) is 4.26. The number of carbonyl (C=O) groups excluding carboxylic acids is 1. The topological polar surface area (TPSA) is 52.6 Å². The number of nitrogens with zero attached hydrogens (tertiary/aromatic N) is 5. The molecule has 0 aromatic carbocycles. The van der Waals surface area contributed by atoms with Crippen molar-refractivity contribution in [2.24, 2.45) is 23.7 Å². The lowest BCUT2D eigenvalue weighted by atomic mass is 9.54. The third-order valence-electron chi connectivity index (χ3n) is 9.63. The van der Waals surface area contributed by atoms with Gasteiger partial charge in [0.1, 0.15) is 0 Å². The number of carbonyl (C=O) groups is 1. The van der Waals surface area contributed by atoms with Crippen LogP contribution < -0.4 is 0 Å². The molecule has 4 bridgehead atoms. The van der Waals surface area contributed by atoms with Crippen molar-refractivity contribution in [1.29, 1.82) is 0 Å². The van der Waals surface area contributed by atoms with Gasteiger partial charge in [0.15, 0.2) is 5.16 Å². The van der Waals surface area contributed by atoms with Crippen LogP contribution in [0.1, 0.15) is 52.4 Å². The lowest BCUT2D eigenvalue weighted by molar-refractivity contribution is -0.139. The Hall–Kier alpha value is -1.44. The zero-order valence-corrected chi connectivity index (χ0v) is 22.2. The molecule has 0 N–H and O–H groups in total. The van der Waals surface area contributed by atoms with Crippen molar-refractivity contribution in [2.45, 2.75) is 74.9 Å². The SMILES string of the molecule is C/C=C(\C)CN1C[C@@H](Sc2ncccn2)C[C@H]1C(=O)N1CCN(C2C3CC4CC(C3)CC2C4)CC1. The van der Waals surface area contributed by atoms with Crippen LogP contribution in [-0.2, 0) is 4.79 Å². The Morgan fingerprint density at radius 3 is 2.29 bits per heavy atom. The molecule has 7 heteroatoms. The highest BCUT2D eigenvalue weighted by Gasteiger charge is 2.50. The van der Waals surface area contributed by atoms with E-state index in [4.69, 9.17) is 0 Å². The highest BCUT2D eigenvalue weighted by atomic mass is 32.2. The normalized spacial score (nSPS) is 37.8. The highest BCUT2D eigenvalue weighted by molar-refractivity contribution is 7.99. The zero-order valence-electron chi connectivity index (χ0n) is 21.4. The number of hydrogen-bond acceptors (Lipinski definition) is 6. The van der Waals surface area contributed by atoms with Gasteiger partial charge in [0.2, 0.25) is 5.91 Å². The summed E-state index contributed by atoms with van der Waals surface area (Å²) in [5, 5.41) is 1.17. The van der Waals surface area contributed by atoms with Gasteiger partial charge in [0, 0.05) is 63.0 Å². The van der Waals surface area contributed by atoms with Gasteiger partial charge < -0.3 is 4.90 Å². The summed E-state index contributed by atoms with van der Waals surface area (Å²) in [6.07, 6.45) is 14.1. The van der Waals surface area contributed by atoms with Crippen LogP contribution in [0, 0.1) is 23.7 Å². The Bertz CT molecular complexity index is 903. The van der Waals surface area contributed by atoms with Gasteiger partial charge in [0.05, 0.1) is 6.04 Å². The van der Waals surface area contributed by atoms with Crippen molar-refractivity contribution < 1.29 is 4.79 Å². The highest BCUT2D eigenvalue weighted by Crippen LogP contribution is 2.55. The number of likely N-dealkylation sites (tertiary alicyclic amines) is 1. The molecule has 1 aromatic heterocycles. The number of aromatic nitrogens is 2. The van der Waals surface area contributed by atoms with Gasteiger partial charge in [0.25, 0.3) is 0 Å². The van der Waals surface area contributed by atoms with E-state index in [0.29, 0.717) is 11.2 Å². The number of hydrogen-bond donors (Lipinski definition) is 0. The summed E-state index contributed by atoms with van der Waals surface area (Å²) in [6.45, 7) is 9.97. The molecule has 6 aliphatic rings. The zero-order chi connectivity index (χ0) is 23.9. The summed E-state index contributed by atoms with van der Waals surface area (Å²) < 4.78 is 0. The molecule has 2 saturated heterocycles. The molecule has 3 heterocycles. The van der Waals surface area contributed by atoms with Crippen LogP contribution in [0.2, 0.25) is 0 Å². The van der Waals surface area contributed by atoms with Crippen LogP contribution in [-0.4, -0.2) is 87.2 Å². The second kappa shape index (κ2) is 10.1. The Balaban J connectivity index is 1.08. The first-order valence-corrected chi connectivity index (χ1v) is 14.8. The maximum atomic E-state index is 13.8. The molecule has 0 spiro atoms. The summed E-state index contributed by atoms with van der Waals surface area (Å²) in [6, 6.07) is 2.63. The second-order valence-electron chi connectivity index (χ2n) is 11.9. The van der Waals surface area contributed by atoms with E-state index < -0.39 is 0 Å². The minimum atomic E-state index is -0.0289. The maximum Gasteiger partial charge on any atom is 0.240 e. The van der Waals surface area contributed by atoms with Gasteiger partial charge in [-0.2, -0.15) is 0 Å². The van der Waals surface area contributed by atoms with Crippen molar-refractivity contribution >= 4 is 17.7 Å². The van der Waals surface area contributed by atoms with Crippen LogP contribution in [0.3, 0.4) is 0 Å². The number of thioether (sulfide) groups is 1. The second-order valence-corrected chi connectivity index (χ2v) is 13.1. The van der Waals surface area contributed by atoms with Crippen LogP contribution in [0.5, 0.6) is 0 Å². The molecule has 4 saturated carbocycles. The summed E-state index contributed by atoms with van der Waals surface area (Å²) in [4.78, 5) is 30.0. The molecule has 190 valence electrons. The van der Waals surface area contributed by atoms with E-state index in [1.54, 1.807) is 24.2 Å². The summed E-state index contributed by atoms with van der Waals surface area (Å²) in [5.41, 5.74) is 1.33. The first kappa shape index (κ1) is 23.9. The molecule has 2 atom stereocenters. The van der Waals surface area contributed by atoms with Gasteiger partial charge >= 0.3 is 0 Å². The van der Waals surface area contributed by atoms with E-state index in [1.165, 1.54) is 37.7 Å². The molecule has 7 rings (SSSR count). The fourth-order valence-corrected chi connectivity index (χ4v) is 9.32. The van der Waals surface area contributed by atoms with Crippen LogP contribution in [0.4, 0.5) is 0 Å². The molecule has 2 aliphatic heterocycles. The molecule has 0 radical (unpaired) electrons. The lowest BCUT2D eigenvalue weighted by Crippen LogP contribution is -2.61. The third-order valence-corrected chi connectivity index (χ3v) is 10.7. The summed E-state index contributed by atoms with van der Waals surface area (Å²) in [7, 11) is 0. The van der Waals surface area contributed by atoms with Crippen molar-refractivity contribution in [3.05, 3.63) is 30.1 Å². The van der Waals surface area contributed by atoms with E-state index in [2.05, 4.69) is 44.6 Å².